The van der Waals surface area contributed by atoms with Gasteiger partial charge in [-0.25, -0.2) is 0 Å². The van der Waals surface area contributed by atoms with Gasteiger partial charge < -0.3 is 19.7 Å². The summed E-state index contributed by atoms with van der Waals surface area (Å²) in [4.78, 5) is 13.1. The lowest BCUT2D eigenvalue weighted by Gasteiger charge is -2.31. The Bertz CT molecular complexity index is 777. The smallest absolute Gasteiger partial charge is 0.219 e. The van der Waals surface area contributed by atoms with Crippen LogP contribution in [-0.4, -0.2) is 50.2 Å². The van der Waals surface area contributed by atoms with Gasteiger partial charge in [0.2, 0.25) is 5.91 Å². The predicted molar refractivity (Wildman–Crippen MR) is 140 cm³/mol. The Balaban J connectivity index is 0.000000237. The Morgan fingerprint density at radius 3 is 1.68 bits per heavy atom. The van der Waals surface area contributed by atoms with Crippen molar-refractivity contribution in [3.8, 4) is 0 Å². The second-order valence-corrected chi connectivity index (χ2v) is 9.14. The fraction of sp³-hybridized carbons (Fsp3) is 0.536. The maximum atomic E-state index is 11.2. The number of ether oxygens (including phenoxy) is 2. The highest BCUT2D eigenvalue weighted by Gasteiger charge is 2.20. The minimum Gasteiger partial charge on any atom is -0.376 e. The highest BCUT2D eigenvalue weighted by Crippen LogP contribution is 2.18. The Kier molecular flexibility index (Phi) is 13.9. The second-order valence-electron chi connectivity index (χ2n) is 9.14. The van der Waals surface area contributed by atoms with E-state index >= 15 is 0 Å². The fourth-order valence-corrected chi connectivity index (χ4v) is 4.30. The first-order valence-corrected chi connectivity index (χ1v) is 12.4. The zero-order chi connectivity index (χ0) is 23.1. The van der Waals surface area contributed by atoms with Crippen molar-refractivity contribution >= 4 is 18.3 Å². The van der Waals surface area contributed by atoms with E-state index in [1.165, 1.54) is 24.0 Å². The van der Waals surface area contributed by atoms with Crippen LogP contribution in [0.4, 0.5) is 0 Å². The Morgan fingerprint density at radius 1 is 0.794 bits per heavy atom. The quantitative estimate of drug-likeness (QED) is 0.562. The molecule has 2 heterocycles. The molecule has 0 spiro atoms. The molecule has 4 rings (SSSR count). The van der Waals surface area contributed by atoms with Crippen molar-refractivity contribution in [3.05, 3.63) is 71.8 Å². The zero-order valence-corrected chi connectivity index (χ0v) is 21.3. The standard InChI is InChI=1S/C15H21NO2.C13H19NO.ClH/c1-13(17)16-9-7-15(8-10-16)12-18-11-14-5-3-2-4-6-14;1-2-4-12(5-3-1)10-15-11-13-6-8-14-9-7-13;/h2-6,15H,7-12H2,1H3;1-5,13-14H,6-11H2;1H. The minimum absolute atomic E-state index is 0. The van der Waals surface area contributed by atoms with Gasteiger partial charge in [-0.15, -0.1) is 12.4 Å². The molecule has 6 heteroatoms. The van der Waals surface area contributed by atoms with E-state index in [-0.39, 0.29) is 18.3 Å². The number of halogens is 1. The van der Waals surface area contributed by atoms with Crippen LogP contribution in [0.3, 0.4) is 0 Å². The van der Waals surface area contributed by atoms with E-state index in [2.05, 4.69) is 41.7 Å². The van der Waals surface area contributed by atoms with Crippen LogP contribution in [0.25, 0.3) is 0 Å². The maximum absolute atomic E-state index is 11.2. The molecule has 0 unspecified atom stereocenters. The minimum atomic E-state index is 0. The highest BCUT2D eigenvalue weighted by atomic mass is 35.5. The van der Waals surface area contributed by atoms with Gasteiger partial charge >= 0.3 is 0 Å². The number of hydrogen-bond donors (Lipinski definition) is 1. The average Bonchev–Trinajstić information content (AvgIpc) is 2.87. The molecule has 2 fully saturated rings. The summed E-state index contributed by atoms with van der Waals surface area (Å²) in [5.74, 6) is 1.55. The number of nitrogens with zero attached hydrogens (tertiary/aromatic N) is 1. The molecule has 0 atom stereocenters. The topological polar surface area (TPSA) is 50.8 Å². The number of hydrogen-bond acceptors (Lipinski definition) is 4. The first-order chi connectivity index (χ1) is 16.2. The number of piperidine rings is 2. The van der Waals surface area contributed by atoms with Crippen molar-refractivity contribution in [2.75, 3.05) is 39.4 Å². The van der Waals surface area contributed by atoms with Crippen LogP contribution in [0.5, 0.6) is 0 Å². The molecule has 1 N–H and O–H groups in total. The molecular weight excluding hydrogens is 448 g/mol. The van der Waals surface area contributed by atoms with Crippen LogP contribution in [0.15, 0.2) is 60.7 Å². The first kappa shape index (κ1) is 28.3. The SMILES string of the molecule is CC(=O)N1CCC(COCc2ccccc2)CC1.Cl.c1ccc(COCC2CCNCC2)cc1. The van der Waals surface area contributed by atoms with E-state index in [4.69, 9.17) is 9.47 Å². The molecule has 2 aliphatic heterocycles. The second kappa shape index (κ2) is 16.7. The average molecular weight is 489 g/mol. The third-order valence-corrected chi connectivity index (χ3v) is 6.45. The van der Waals surface area contributed by atoms with E-state index in [0.29, 0.717) is 12.5 Å². The summed E-state index contributed by atoms with van der Waals surface area (Å²) in [6.07, 6.45) is 4.65. The molecule has 2 aromatic rings. The molecule has 0 radical (unpaired) electrons. The molecule has 0 aromatic heterocycles. The van der Waals surface area contributed by atoms with Crippen molar-refractivity contribution in [2.45, 2.75) is 45.8 Å². The van der Waals surface area contributed by atoms with Crippen molar-refractivity contribution in [2.24, 2.45) is 11.8 Å². The molecule has 2 aromatic carbocycles. The van der Waals surface area contributed by atoms with Crippen LogP contribution in [0.2, 0.25) is 0 Å². The van der Waals surface area contributed by atoms with Crippen molar-refractivity contribution in [1.29, 1.82) is 0 Å². The van der Waals surface area contributed by atoms with Gasteiger partial charge in [0.15, 0.2) is 0 Å². The highest BCUT2D eigenvalue weighted by molar-refractivity contribution is 5.85. The lowest BCUT2D eigenvalue weighted by Crippen LogP contribution is -2.38. The Labute approximate surface area is 211 Å². The third-order valence-electron chi connectivity index (χ3n) is 6.45. The molecular formula is C28H41ClN2O3. The van der Waals surface area contributed by atoms with Gasteiger partial charge in [0.1, 0.15) is 0 Å². The van der Waals surface area contributed by atoms with E-state index in [1.54, 1.807) is 6.92 Å². The number of rotatable bonds is 8. The summed E-state index contributed by atoms with van der Waals surface area (Å²) < 4.78 is 11.5. The van der Waals surface area contributed by atoms with E-state index in [1.807, 2.05) is 29.2 Å². The van der Waals surface area contributed by atoms with Gasteiger partial charge in [-0.1, -0.05) is 60.7 Å². The molecule has 0 aliphatic carbocycles. The van der Waals surface area contributed by atoms with Crippen molar-refractivity contribution in [1.82, 2.24) is 10.2 Å². The fourth-order valence-electron chi connectivity index (χ4n) is 4.30. The molecule has 5 nitrogen and oxygen atoms in total. The predicted octanol–water partition coefficient (Wildman–Crippen LogP) is 5.09. The van der Waals surface area contributed by atoms with Gasteiger partial charge in [-0.3, -0.25) is 4.79 Å². The van der Waals surface area contributed by atoms with E-state index in [9.17, 15) is 4.79 Å². The third kappa shape index (κ3) is 11.0. The summed E-state index contributed by atoms with van der Waals surface area (Å²) in [6, 6.07) is 20.6. The van der Waals surface area contributed by atoms with Crippen molar-refractivity contribution in [3.63, 3.8) is 0 Å². The van der Waals surface area contributed by atoms with Gasteiger partial charge in [0, 0.05) is 33.2 Å². The molecule has 34 heavy (non-hydrogen) atoms. The lowest BCUT2D eigenvalue weighted by atomic mass is 9.98. The van der Waals surface area contributed by atoms with E-state index < -0.39 is 0 Å². The molecule has 0 bridgehead atoms. The van der Waals surface area contributed by atoms with E-state index in [0.717, 1.165) is 64.8 Å². The molecule has 188 valence electrons. The summed E-state index contributed by atoms with van der Waals surface area (Å²) in [5, 5.41) is 3.37. The number of nitrogens with one attached hydrogen (secondary N) is 1. The maximum Gasteiger partial charge on any atom is 0.219 e. The van der Waals surface area contributed by atoms with Crippen LogP contribution in [-0.2, 0) is 27.5 Å². The van der Waals surface area contributed by atoms with Crippen LogP contribution >= 0.6 is 12.4 Å². The van der Waals surface area contributed by atoms with Crippen LogP contribution < -0.4 is 5.32 Å². The van der Waals surface area contributed by atoms with Gasteiger partial charge in [0.05, 0.1) is 13.2 Å². The molecule has 2 saturated heterocycles. The molecule has 0 saturated carbocycles. The summed E-state index contributed by atoms with van der Waals surface area (Å²) in [7, 11) is 0. The lowest BCUT2D eigenvalue weighted by molar-refractivity contribution is -0.130. The summed E-state index contributed by atoms with van der Waals surface area (Å²) in [6.45, 7) is 8.88. The van der Waals surface area contributed by atoms with Gasteiger partial charge in [0.25, 0.3) is 0 Å². The Hall–Kier alpha value is -1.92. The number of carbonyl (C=O) groups excluding carboxylic acids is 1. The zero-order valence-electron chi connectivity index (χ0n) is 20.5. The number of carbonyl (C=O) groups is 1. The normalized spacial score (nSPS) is 16.8. The summed E-state index contributed by atoms with van der Waals surface area (Å²) >= 11 is 0. The van der Waals surface area contributed by atoms with Crippen LogP contribution in [0, 0.1) is 11.8 Å². The van der Waals surface area contributed by atoms with Gasteiger partial charge in [-0.2, -0.15) is 0 Å². The monoisotopic (exact) mass is 488 g/mol. The summed E-state index contributed by atoms with van der Waals surface area (Å²) in [5.41, 5.74) is 2.49. The number of benzene rings is 2. The number of likely N-dealkylation sites (tertiary alicyclic amines) is 1. The Morgan fingerprint density at radius 2 is 1.24 bits per heavy atom. The first-order valence-electron chi connectivity index (χ1n) is 12.4. The largest absolute Gasteiger partial charge is 0.376 e. The van der Waals surface area contributed by atoms with Crippen molar-refractivity contribution < 1.29 is 14.3 Å². The van der Waals surface area contributed by atoms with Crippen LogP contribution in [0.1, 0.15) is 43.7 Å². The van der Waals surface area contributed by atoms with Gasteiger partial charge in [-0.05, 0) is 61.7 Å². The molecule has 2 aliphatic rings. The molecule has 1 amide bonds. The number of amides is 1.